The molecule has 0 atom stereocenters. The van der Waals surface area contributed by atoms with Crippen LogP contribution in [0, 0.1) is 0 Å². The van der Waals surface area contributed by atoms with Crippen LogP contribution in [0.2, 0.25) is 0 Å². The molecule has 0 spiro atoms. The van der Waals surface area contributed by atoms with Crippen molar-refractivity contribution in [3.63, 3.8) is 0 Å². The van der Waals surface area contributed by atoms with Gasteiger partial charge in [-0.25, -0.2) is 4.63 Å². The first-order valence-electron chi connectivity index (χ1n) is 5.92. The van der Waals surface area contributed by atoms with E-state index in [4.69, 9.17) is 15.1 Å². The molecule has 18 heavy (non-hydrogen) atoms. The van der Waals surface area contributed by atoms with Gasteiger partial charge in [0.2, 0.25) is 0 Å². The van der Waals surface area contributed by atoms with E-state index in [1.54, 1.807) is 6.07 Å². The van der Waals surface area contributed by atoms with Crippen LogP contribution in [-0.2, 0) is 4.74 Å². The molecule has 2 aromatic rings. The van der Waals surface area contributed by atoms with Crippen LogP contribution in [0.3, 0.4) is 0 Å². The van der Waals surface area contributed by atoms with Crippen molar-refractivity contribution in [2.24, 2.45) is 0 Å². The Morgan fingerprint density at radius 1 is 1.33 bits per heavy atom. The number of nitrogens with zero attached hydrogens (tertiary/aromatic N) is 2. The second-order valence-electron chi connectivity index (χ2n) is 4.71. The minimum absolute atomic E-state index is 0.250. The summed E-state index contributed by atoms with van der Waals surface area (Å²) >= 11 is 0. The van der Waals surface area contributed by atoms with E-state index >= 15 is 0 Å². The van der Waals surface area contributed by atoms with Crippen molar-refractivity contribution < 1.29 is 9.37 Å². The summed E-state index contributed by atoms with van der Waals surface area (Å²) in [5.41, 5.74) is 8.15. The molecule has 0 aliphatic carbocycles. The number of hydrogen-bond acceptors (Lipinski definition) is 6. The van der Waals surface area contributed by atoms with Crippen LogP contribution in [0.5, 0.6) is 0 Å². The van der Waals surface area contributed by atoms with Gasteiger partial charge in [-0.05, 0) is 43.2 Å². The zero-order valence-electron chi connectivity index (χ0n) is 10.9. The molecule has 1 aromatic carbocycles. The number of nitrogen functional groups attached to an aromatic ring is 1. The van der Waals surface area contributed by atoms with Gasteiger partial charge in [0.1, 0.15) is 0 Å². The number of anilines is 2. The highest BCUT2D eigenvalue weighted by Crippen LogP contribution is 2.25. The molecular weight excluding hydrogens is 232 g/mol. The number of nitrogens with two attached hydrogens (primary N) is 1. The Morgan fingerprint density at radius 2 is 2.06 bits per heavy atom. The van der Waals surface area contributed by atoms with Crippen molar-refractivity contribution in [2.45, 2.75) is 26.4 Å². The van der Waals surface area contributed by atoms with Gasteiger partial charge in [-0.3, -0.25) is 0 Å². The molecule has 1 aromatic heterocycles. The van der Waals surface area contributed by atoms with Crippen molar-refractivity contribution in [1.29, 1.82) is 0 Å². The van der Waals surface area contributed by atoms with Gasteiger partial charge in [-0.2, -0.15) is 0 Å². The summed E-state index contributed by atoms with van der Waals surface area (Å²) in [6, 6.07) is 3.65. The molecule has 0 radical (unpaired) electrons. The van der Waals surface area contributed by atoms with Crippen molar-refractivity contribution in [1.82, 2.24) is 10.3 Å². The molecular formula is C12H18N4O2. The average molecular weight is 250 g/mol. The first-order chi connectivity index (χ1) is 8.53. The second-order valence-corrected chi connectivity index (χ2v) is 4.71. The van der Waals surface area contributed by atoms with E-state index in [-0.39, 0.29) is 5.60 Å². The van der Waals surface area contributed by atoms with Gasteiger partial charge in [-0.1, -0.05) is 0 Å². The minimum atomic E-state index is -0.250. The molecule has 0 bridgehead atoms. The lowest BCUT2D eigenvalue weighted by Crippen LogP contribution is -2.33. The lowest BCUT2D eigenvalue weighted by molar-refractivity contribution is 0.000715. The summed E-state index contributed by atoms with van der Waals surface area (Å²) in [5.74, 6) is 0. The summed E-state index contributed by atoms with van der Waals surface area (Å²) in [6.07, 6.45) is 0. The van der Waals surface area contributed by atoms with Gasteiger partial charge < -0.3 is 15.8 Å². The third-order valence-electron chi connectivity index (χ3n) is 2.69. The van der Waals surface area contributed by atoms with Crippen molar-refractivity contribution in [3.8, 4) is 0 Å². The summed E-state index contributed by atoms with van der Waals surface area (Å²) in [4.78, 5) is 0. The fourth-order valence-corrected chi connectivity index (χ4v) is 1.78. The van der Waals surface area contributed by atoms with E-state index in [1.165, 1.54) is 0 Å². The van der Waals surface area contributed by atoms with E-state index in [0.29, 0.717) is 29.9 Å². The van der Waals surface area contributed by atoms with E-state index < -0.39 is 0 Å². The van der Waals surface area contributed by atoms with Crippen LogP contribution in [-0.4, -0.2) is 29.1 Å². The number of aromatic nitrogens is 2. The Labute approximate surface area is 105 Å². The third-order valence-corrected chi connectivity index (χ3v) is 2.69. The zero-order chi connectivity index (χ0) is 13.2. The Bertz CT molecular complexity index is 536. The quantitative estimate of drug-likeness (QED) is 0.790. The Hall–Kier alpha value is -1.82. The average Bonchev–Trinajstić information content (AvgIpc) is 2.78. The number of benzene rings is 1. The summed E-state index contributed by atoms with van der Waals surface area (Å²) in [7, 11) is 0. The monoisotopic (exact) mass is 250 g/mol. The molecule has 6 heteroatoms. The predicted octanol–water partition coefficient (Wildman–Crippen LogP) is 2.03. The molecule has 0 saturated carbocycles. The molecule has 2 rings (SSSR count). The van der Waals surface area contributed by atoms with Crippen LogP contribution < -0.4 is 11.1 Å². The minimum Gasteiger partial charge on any atom is -0.397 e. The number of ether oxygens (including phenoxy) is 1. The van der Waals surface area contributed by atoms with Gasteiger partial charge in [0.05, 0.1) is 17.0 Å². The zero-order valence-corrected chi connectivity index (χ0v) is 10.9. The van der Waals surface area contributed by atoms with Crippen LogP contribution in [0.15, 0.2) is 16.8 Å². The summed E-state index contributed by atoms with van der Waals surface area (Å²) in [5, 5.41) is 10.9. The maximum atomic E-state index is 5.78. The number of nitrogens with one attached hydrogen (secondary N) is 1. The normalized spacial score (nSPS) is 11.9. The van der Waals surface area contributed by atoms with Crippen molar-refractivity contribution >= 4 is 22.4 Å². The molecule has 1 heterocycles. The van der Waals surface area contributed by atoms with Gasteiger partial charge in [-0.15, -0.1) is 0 Å². The first-order valence-corrected chi connectivity index (χ1v) is 5.92. The van der Waals surface area contributed by atoms with Crippen LogP contribution in [0.4, 0.5) is 11.4 Å². The molecule has 98 valence electrons. The largest absolute Gasteiger partial charge is 0.397 e. The van der Waals surface area contributed by atoms with E-state index in [2.05, 4.69) is 15.6 Å². The third kappa shape index (κ3) is 2.53. The van der Waals surface area contributed by atoms with E-state index in [1.807, 2.05) is 26.8 Å². The highest BCUT2D eigenvalue weighted by molar-refractivity contribution is 5.94. The Morgan fingerprint density at radius 3 is 2.78 bits per heavy atom. The highest BCUT2D eigenvalue weighted by atomic mass is 16.6. The Balaban J connectivity index is 2.17. The Kier molecular flexibility index (Phi) is 3.38. The van der Waals surface area contributed by atoms with E-state index in [0.717, 1.165) is 5.69 Å². The topological polar surface area (TPSA) is 86.2 Å². The fraction of sp³-hybridized carbons (Fsp3) is 0.500. The van der Waals surface area contributed by atoms with Gasteiger partial charge in [0.25, 0.3) is 0 Å². The van der Waals surface area contributed by atoms with E-state index in [9.17, 15) is 0 Å². The number of hydrogen-bond donors (Lipinski definition) is 2. The molecule has 0 unspecified atom stereocenters. The fourth-order valence-electron chi connectivity index (χ4n) is 1.78. The van der Waals surface area contributed by atoms with Crippen molar-refractivity contribution in [3.05, 3.63) is 12.1 Å². The molecule has 0 aliphatic heterocycles. The SMILES string of the molecule is CCOC(C)(C)CNc1ccc(N)c2nonc12. The number of rotatable bonds is 5. The summed E-state index contributed by atoms with van der Waals surface area (Å²) < 4.78 is 10.3. The smallest absolute Gasteiger partial charge is 0.160 e. The molecule has 0 fully saturated rings. The molecule has 6 nitrogen and oxygen atoms in total. The highest BCUT2D eigenvalue weighted by Gasteiger charge is 2.18. The van der Waals surface area contributed by atoms with Gasteiger partial charge >= 0.3 is 0 Å². The lowest BCUT2D eigenvalue weighted by atomic mass is 10.1. The number of fused-ring (bicyclic) bond motifs is 1. The van der Waals surface area contributed by atoms with Gasteiger partial charge in [0, 0.05) is 13.2 Å². The summed E-state index contributed by atoms with van der Waals surface area (Å²) in [6.45, 7) is 7.37. The maximum Gasteiger partial charge on any atom is 0.160 e. The first kappa shape index (κ1) is 12.6. The molecule has 0 amide bonds. The van der Waals surface area contributed by atoms with Crippen LogP contribution in [0.25, 0.3) is 11.0 Å². The van der Waals surface area contributed by atoms with Crippen LogP contribution >= 0.6 is 0 Å². The molecule has 0 saturated heterocycles. The van der Waals surface area contributed by atoms with Gasteiger partial charge in [0.15, 0.2) is 11.0 Å². The molecule has 0 aliphatic rings. The predicted molar refractivity (Wildman–Crippen MR) is 70.4 cm³/mol. The standard InChI is InChI=1S/C12H18N4O2/c1-4-17-12(2,3)7-14-9-6-5-8(13)10-11(9)16-18-15-10/h5-6,14H,4,7,13H2,1-3H3. The second kappa shape index (κ2) is 4.81. The lowest BCUT2D eigenvalue weighted by Gasteiger charge is -2.25. The van der Waals surface area contributed by atoms with Crippen molar-refractivity contribution in [2.75, 3.05) is 24.2 Å². The maximum absolute atomic E-state index is 5.78. The molecule has 3 N–H and O–H groups in total. The van der Waals surface area contributed by atoms with Crippen LogP contribution in [0.1, 0.15) is 20.8 Å².